The minimum atomic E-state index is -0.753. The Balaban J connectivity index is 2.05. The van der Waals surface area contributed by atoms with Crippen molar-refractivity contribution in [2.45, 2.75) is 25.2 Å². The summed E-state index contributed by atoms with van der Waals surface area (Å²) in [6.45, 7) is 0.960. The second-order valence-electron chi connectivity index (χ2n) is 4.88. The molecule has 92 valence electrons. The molecular weight excluding hydrogens is 214 g/mol. The van der Waals surface area contributed by atoms with Crippen LogP contribution in [0.25, 0.3) is 0 Å². The van der Waals surface area contributed by atoms with E-state index in [0.29, 0.717) is 5.92 Å². The topological polar surface area (TPSA) is 40.5 Å². The highest BCUT2D eigenvalue weighted by Crippen LogP contribution is 2.31. The van der Waals surface area contributed by atoms with E-state index in [1.807, 2.05) is 11.9 Å². The minimum Gasteiger partial charge on any atom is -0.480 e. The van der Waals surface area contributed by atoms with Gasteiger partial charge in [0.15, 0.2) is 0 Å². The van der Waals surface area contributed by atoms with Crippen molar-refractivity contribution in [1.82, 2.24) is 4.90 Å². The van der Waals surface area contributed by atoms with Crippen LogP contribution >= 0.6 is 0 Å². The van der Waals surface area contributed by atoms with Gasteiger partial charge in [0.05, 0.1) is 6.54 Å². The second kappa shape index (κ2) is 5.32. The SMILES string of the molecule is CN(CC(=O)O)CC1CCCc2ccccc21. The Hall–Kier alpha value is -1.35. The molecule has 0 radical (unpaired) electrons. The van der Waals surface area contributed by atoms with Crippen LogP contribution in [-0.2, 0) is 11.2 Å². The van der Waals surface area contributed by atoms with Crippen molar-refractivity contribution in [2.24, 2.45) is 0 Å². The van der Waals surface area contributed by atoms with E-state index in [2.05, 4.69) is 24.3 Å². The third-order valence-corrected chi connectivity index (χ3v) is 3.43. The number of nitrogens with zero attached hydrogens (tertiary/aromatic N) is 1. The van der Waals surface area contributed by atoms with Gasteiger partial charge >= 0.3 is 5.97 Å². The zero-order chi connectivity index (χ0) is 12.3. The molecule has 1 atom stereocenters. The molecule has 0 bridgehead atoms. The van der Waals surface area contributed by atoms with Crippen LogP contribution < -0.4 is 0 Å². The first kappa shape index (κ1) is 12.1. The molecule has 0 aromatic heterocycles. The van der Waals surface area contributed by atoms with Gasteiger partial charge in [-0.15, -0.1) is 0 Å². The van der Waals surface area contributed by atoms with Gasteiger partial charge in [0.2, 0.25) is 0 Å². The molecule has 3 heteroatoms. The zero-order valence-corrected chi connectivity index (χ0v) is 10.2. The molecule has 0 fully saturated rings. The van der Waals surface area contributed by atoms with Crippen LogP contribution in [0.4, 0.5) is 0 Å². The van der Waals surface area contributed by atoms with Gasteiger partial charge in [-0.05, 0) is 43.4 Å². The van der Waals surface area contributed by atoms with Crippen LogP contribution in [0.1, 0.15) is 29.9 Å². The molecule has 0 saturated heterocycles. The average molecular weight is 233 g/mol. The summed E-state index contributed by atoms with van der Waals surface area (Å²) in [6, 6.07) is 8.54. The fraction of sp³-hybridized carbons (Fsp3) is 0.500. The van der Waals surface area contributed by atoms with E-state index in [4.69, 9.17) is 5.11 Å². The monoisotopic (exact) mass is 233 g/mol. The Morgan fingerprint density at radius 1 is 1.47 bits per heavy atom. The number of aryl methyl sites for hydroxylation is 1. The summed E-state index contributed by atoms with van der Waals surface area (Å²) >= 11 is 0. The van der Waals surface area contributed by atoms with E-state index in [9.17, 15) is 4.79 Å². The molecule has 0 saturated carbocycles. The molecule has 0 aliphatic heterocycles. The lowest BCUT2D eigenvalue weighted by atomic mass is 9.82. The quantitative estimate of drug-likeness (QED) is 0.866. The zero-order valence-electron chi connectivity index (χ0n) is 10.2. The number of benzene rings is 1. The second-order valence-corrected chi connectivity index (χ2v) is 4.88. The summed E-state index contributed by atoms with van der Waals surface area (Å²) in [7, 11) is 1.88. The normalized spacial score (nSPS) is 19.1. The van der Waals surface area contributed by atoms with Crippen molar-refractivity contribution < 1.29 is 9.90 Å². The Morgan fingerprint density at radius 2 is 2.24 bits per heavy atom. The van der Waals surface area contributed by atoms with E-state index in [0.717, 1.165) is 13.0 Å². The maximum Gasteiger partial charge on any atom is 0.317 e. The highest BCUT2D eigenvalue weighted by atomic mass is 16.4. The molecule has 3 nitrogen and oxygen atoms in total. The lowest BCUT2D eigenvalue weighted by molar-refractivity contribution is -0.138. The number of carboxylic acid groups (broad SMARTS) is 1. The fourth-order valence-corrected chi connectivity index (χ4v) is 2.72. The van der Waals surface area contributed by atoms with E-state index in [1.54, 1.807) is 0 Å². The van der Waals surface area contributed by atoms with Crippen molar-refractivity contribution in [2.75, 3.05) is 20.1 Å². The van der Waals surface area contributed by atoms with Gasteiger partial charge in [0, 0.05) is 6.54 Å². The van der Waals surface area contributed by atoms with Crippen LogP contribution in [0, 0.1) is 0 Å². The van der Waals surface area contributed by atoms with E-state index >= 15 is 0 Å². The number of hydrogen-bond acceptors (Lipinski definition) is 2. The number of likely N-dealkylation sites (N-methyl/N-ethyl adjacent to an activating group) is 1. The molecule has 1 N–H and O–H groups in total. The Labute approximate surface area is 102 Å². The predicted molar refractivity (Wildman–Crippen MR) is 67.3 cm³/mol. The lowest BCUT2D eigenvalue weighted by Crippen LogP contribution is -2.31. The average Bonchev–Trinajstić information content (AvgIpc) is 2.28. The number of carboxylic acids is 1. The van der Waals surface area contributed by atoms with Gasteiger partial charge in [-0.3, -0.25) is 9.69 Å². The number of carbonyl (C=O) groups is 1. The van der Waals surface area contributed by atoms with Crippen molar-refractivity contribution in [3.8, 4) is 0 Å². The molecule has 1 aliphatic rings. The molecular formula is C14H19NO2. The number of hydrogen-bond donors (Lipinski definition) is 1. The van der Waals surface area contributed by atoms with Gasteiger partial charge < -0.3 is 5.11 Å². The number of fused-ring (bicyclic) bond motifs is 1. The summed E-state index contributed by atoms with van der Waals surface area (Å²) in [6.07, 6.45) is 3.54. The molecule has 2 rings (SSSR count). The van der Waals surface area contributed by atoms with Crippen molar-refractivity contribution in [3.63, 3.8) is 0 Å². The van der Waals surface area contributed by atoms with E-state index < -0.39 is 5.97 Å². The predicted octanol–water partition coefficient (Wildman–Crippen LogP) is 2.12. The smallest absolute Gasteiger partial charge is 0.317 e. The summed E-state index contributed by atoms with van der Waals surface area (Å²) in [5.74, 6) is -0.263. The molecule has 0 amide bonds. The highest BCUT2D eigenvalue weighted by molar-refractivity contribution is 5.69. The van der Waals surface area contributed by atoms with Crippen LogP contribution in [0.3, 0.4) is 0 Å². The van der Waals surface area contributed by atoms with Gasteiger partial charge in [-0.2, -0.15) is 0 Å². The van der Waals surface area contributed by atoms with Crippen LogP contribution in [-0.4, -0.2) is 36.1 Å². The van der Waals surface area contributed by atoms with Gasteiger partial charge in [-0.25, -0.2) is 0 Å². The fourth-order valence-electron chi connectivity index (χ4n) is 2.72. The Morgan fingerprint density at radius 3 is 3.00 bits per heavy atom. The lowest BCUT2D eigenvalue weighted by Gasteiger charge is -2.28. The Kier molecular flexibility index (Phi) is 3.79. The van der Waals surface area contributed by atoms with Crippen molar-refractivity contribution >= 4 is 5.97 Å². The molecule has 0 spiro atoms. The summed E-state index contributed by atoms with van der Waals surface area (Å²) in [5, 5.41) is 8.77. The van der Waals surface area contributed by atoms with Crippen molar-refractivity contribution in [3.05, 3.63) is 35.4 Å². The van der Waals surface area contributed by atoms with Gasteiger partial charge in [0.1, 0.15) is 0 Å². The third kappa shape index (κ3) is 3.07. The maximum atomic E-state index is 10.7. The molecule has 0 heterocycles. The molecule has 1 aliphatic carbocycles. The van der Waals surface area contributed by atoms with Crippen LogP contribution in [0.5, 0.6) is 0 Å². The number of aliphatic carboxylic acids is 1. The molecule has 1 unspecified atom stereocenters. The first-order chi connectivity index (χ1) is 8.16. The minimum absolute atomic E-state index is 0.124. The third-order valence-electron chi connectivity index (χ3n) is 3.43. The molecule has 1 aromatic carbocycles. The van der Waals surface area contributed by atoms with E-state index in [1.165, 1.54) is 24.0 Å². The first-order valence-corrected chi connectivity index (χ1v) is 6.15. The highest BCUT2D eigenvalue weighted by Gasteiger charge is 2.21. The summed E-state index contributed by atoms with van der Waals surface area (Å²) in [4.78, 5) is 12.6. The number of rotatable bonds is 4. The summed E-state index contributed by atoms with van der Waals surface area (Å²) in [5.41, 5.74) is 2.85. The molecule has 1 aromatic rings. The van der Waals surface area contributed by atoms with Crippen LogP contribution in [0.2, 0.25) is 0 Å². The van der Waals surface area contributed by atoms with Gasteiger partial charge in [-0.1, -0.05) is 24.3 Å². The first-order valence-electron chi connectivity index (χ1n) is 6.15. The van der Waals surface area contributed by atoms with Crippen LogP contribution in [0.15, 0.2) is 24.3 Å². The standard InChI is InChI=1S/C14H19NO2/c1-15(10-14(16)17)9-12-7-4-6-11-5-2-3-8-13(11)12/h2-3,5,8,12H,4,6-7,9-10H2,1H3,(H,16,17). The molecule has 17 heavy (non-hydrogen) atoms. The van der Waals surface area contributed by atoms with Crippen molar-refractivity contribution in [1.29, 1.82) is 0 Å². The maximum absolute atomic E-state index is 10.7. The summed E-state index contributed by atoms with van der Waals surface area (Å²) < 4.78 is 0. The Bertz CT molecular complexity index is 403. The van der Waals surface area contributed by atoms with Gasteiger partial charge in [0.25, 0.3) is 0 Å². The largest absolute Gasteiger partial charge is 0.480 e. The van der Waals surface area contributed by atoms with E-state index in [-0.39, 0.29) is 6.54 Å².